The van der Waals surface area contributed by atoms with Gasteiger partial charge in [0.05, 0.1) is 0 Å². The molecular formula is C68H132O6. The first-order chi connectivity index (χ1) is 36.5. The quantitative estimate of drug-likeness (QED) is 0.0343. The van der Waals surface area contributed by atoms with Crippen LogP contribution in [0.2, 0.25) is 0 Å². The molecule has 0 saturated heterocycles. The van der Waals surface area contributed by atoms with Gasteiger partial charge in [0.2, 0.25) is 0 Å². The first kappa shape index (κ1) is 72.4. The third kappa shape index (κ3) is 61.3. The Labute approximate surface area is 463 Å². The molecule has 0 rings (SSSR count). The van der Waals surface area contributed by atoms with Crippen molar-refractivity contribution < 1.29 is 28.6 Å². The molecule has 0 N–H and O–H groups in total. The molecular weight excluding hydrogens is 913 g/mol. The topological polar surface area (TPSA) is 78.9 Å². The predicted octanol–water partition coefficient (Wildman–Crippen LogP) is 23.1. The van der Waals surface area contributed by atoms with Crippen LogP contribution in [0.1, 0.15) is 400 Å². The highest BCUT2D eigenvalue weighted by Crippen LogP contribution is 2.19. The Hall–Kier alpha value is -1.59. The second-order valence-electron chi connectivity index (χ2n) is 23.5. The highest BCUT2D eigenvalue weighted by Gasteiger charge is 2.19. The monoisotopic (exact) mass is 1050 g/mol. The fourth-order valence-electron chi connectivity index (χ4n) is 10.7. The summed E-state index contributed by atoms with van der Waals surface area (Å²) in [7, 11) is 0. The van der Waals surface area contributed by atoms with Crippen molar-refractivity contribution >= 4 is 17.9 Å². The number of carbonyl (C=O) groups excluding carboxylic acids is 3. The van der Waals surface area contributed by atoms with Gasteiger partial charge in [-0.05, 0) is 19.3 Å². The molecule has 440 valence electrons. The Bertz CT molecular complexity index is 1110. The molecule has 0 aromatic carbocycles. The second-order valence-corrected chi connectivity index (χ2v) is 23.5. The van der Waals surface area contributed by atoms with Crippen LogP contribution in [0, 0.1) is 0 Å². The maximum absolute atomic E-state index is 12.8. The number of esters is 3. The lowest BCUT2D eigenvalue weighted by Gasteiger charge is -2.18. The summed E-state index contributed by atoms with van der Waals surface area (Å²) in [5, 5.41) is 0. The first-order valence-electron chi connectivity index (χ1n) is 34.0. The molecule has 6 heteroatoms. The van der Waals surface area contributed by atoms with E-state index in [1.165, 1.54) is 302 Å². The molecule has 0 aromatic rings. The highest BCUT2D eigenvalue weighted by atomic mass is 16.6. The van der Waals surface area contributed by atoms with Crippen molar-refractivity contribution in [3.63, 3.8) is 0 Å². The molecule has 0 aliphatic heterocycles. The van der Waals surface area contributed by atoms with Crippen LogP contribution in [0.5, 0.6) is 0 Å². The highest BCUT2D eigenvalue weighted by molar-refractivity contribution is 5.71. The Morgan fingerprint density at radius 1 is 0.216 bits per heavy atom. The van der Waals surface area contributed by atoms with E-state index in [2.05, 4.69) is 20.8 Å². The molecule has 0 aliphatic rings. The second kappa shape index (κ2) is 63.9. The van der Waals surface area contributed by atoms with Crippen molar-refractivity contribution in [2.24, 2.45) is 0 Å². The number of hydrogen-bond donors (Lipinski definition) is 0. The van der Waals surface area contributed by atoms with E-state index in [9.17, 15) is 14.4 Å². The standard InChI is InChI=1S/C68H132O6/c1-4-7-10-13-16-18-20-22-24-25-26-27-28-29-30-31-32-33-34-35-36-37-38-39-40-41-42-43-45-46-48-50-52-55-58-61-67(70)73-64-65(63-72-66(69)60-57-54-15-12-9-6-3)74-68(71)62-59-56-53-51-49-47-44-23-21-19-17-14-11-8-5-2/h65H,4-64H2,1-3H3. The van der Waals surface area contributed by atoms with Crippen LogP contribution in [0.3, 0.4) is 0 Å². The molecule has 0 amide bonds. The zero-order valence-corrected chi connectivity index (χ0v) is 50.7. The average molecular weight is 1050 g/mol. The van der Waals surface area contributed by atoms with Gasteiger partial charge in [-0.3, -0.25) is 14.4 Å². The van der Waals surface area contributed by atoms with Crippen LogP contribution in [-0.2, 0) is 28.6 Å². The molecule has 1 unspecified atom stereocenters. The van der Waals surface area contributed by atoms with Crippen molar-refractivity contribution in [3.8, 4) is 0 Å². The number of unbranched alkanes of at least 4 members (excludes halogenated alkanes) is 53. The van der Waals surface area contributed by atoms with Crippen LogP contribution in [0.4, 0.5) is 0 Å². The molecule has 0 radical (unpaired) electrons. The first-order valence-corrected chi connectivity index (χ1v) is 34.0. The van der Waals surface area contributed by atoms with Gasteiger partial charge in [-0.25, -0.2) is 0 Å². The SMILES string of the molecule is CCCCCCCCCCCCCCCCCCCCCCCCCCCCCCCCCCCCCC(=O)OCC(COC(=O)CCCCCCCC)OC(=O)CCCCCCCCCCCCCCCCC. The van der Waals surface area contributed by atoms with E-state index < -0.39 is 6.10 Å². The van der Waals surface area contributed by atoms with Gasteiger partial charge in [-0.1, -0.05) is 361 Å². The molecule has 0 bridgehead atoms. The normalized spacial score (nSPS) is 11.9. The Morgan fingerprint density at radius 2 is 0.365 bits per heavy atom. The zero-order valence-electron chi connectivity index (χ0n) is 50.7. The summed E-state index contributed by atoms with van der Waals surface area (Å²) in [5.41, 5.74) is 0. The van der Waals surface area contributed by atoms with Crippen molar-refractivity contribution in [2.75, 3.05) is 13.2 Å². The molecule has 0 saturated carbocycles. The van der Waals surface area contributed by atoms with Crippen LogP contribution < -0.4 is 0 Å². The number of ether oxygens (including phenoxy) is 3. The molecule has 0 fully saturated rings. The van der Waals surface area contributed by atoms with Gasteiger partial charge in [0.15, 0.2) is 6.10 Å². The van der Waals surface area contributed by atoms with Crippen LogP contribution in [0.15, 0.2) is 0 Å². The summed E-state index contributed by atoms with van der Waals surface area (Å²) in [4.78, 5) is 37.9. The molecule has 0 heterocycles. The minimum absolute atomic E-state index is 0.0621. The maximum Gasteiger partial charge on any atom is 0.306 e. The summed E-state index contributed by atoms with van der Waals surface area (Å²) in [6.07, 6.45) is 74.8. The number of carbonyl (C=O) groups is 3. The molecule has 74 heavy (non-hydrogen) atoms. The van der Waals surface area contributed by atoms with E-state index in [0.717, 1.165) is 57.8 Å². The van der Waals surface area contributed by atoms with Crippen molar-refractivity contribution in [2.45, 2.75) is 406 Å². The number of rotatable bonds is 64. The van der Waals surface area contributed by atoms with E-state index in [1.807, 2.05) is 0 Å². The van der Waals surface area contributed by atoms with Crippen LogP contribution >= 0.6 is 0 Å². The van der Waals surface area contributed by atoms with Crippen LogP contribution in [-0.4, -0.2) is 37.2 Å². The van der Waals surface area contributed by atoms with Gasteiger partial charge in [-0.15, -0.1) is 0 Å². The predicted molar refractivity (Wildman–Crippen MR) is 321 cm³/mol. The minimum Gasteiger partial charge on any atom is -0.462 e. The van der Waals surface area contributed by atoms with E-state index in [1.54, 1.807) is 0 Å². The third-order valence-electron chi connectivity index (χ3n) is 15.9. The fraction of sp³-hybridized carbons (Fsp3) is 0.956. The lowest BCUT2D eigenvalue weighted by Crippen LogP contribution is -2.30. The van der Waals surface area contributed by atoms with Crippen molar-refractivity contribution in [3.05, 3.63) is 0 Å². The molecule has 0 aromatic heterocycles. The largest absolute Gasteiger partial charge is 0.462 e. The Morgan fingerprint density at radius 3 is 0.541 bits per heavy atom. The van der Waals surface area contributed by atoms with E-state index in [4.69, 9.17) is 14.2 Å². The van der Waals surface area contributed by atoms with Crippen molar-refractivity contribution in [1.29, 1.82) is 0 Å². The lowest BCUT2D eigenvalue weighted by molar-refractivity contribution is -0.167. The third-order valence-corrected chi connectivity index (χ3v) is 15.9. The minimum atomic E-state index is -0.760. The average Bonchev–Trinajstić information content (AvgIpc) is 3.40. The number of hydrogen-bond acceptors (Lipinski definition) is 6. The van der Waals surface area contributed by atoms with Gasteiger partial charge in [0.1, 0.15) is 13.2 Å². The van der Waals surface area contributed by atoms with Crippen molar-refractivity contribution in [1.82, 2.24) is 0 Å². The molecule has 1 atom stereocenters. The Kier molecular flexibility index (Phi) is 62.6. The van der Waals surface area contributed by atoms with Gasteiger partial charge >= 0.3 is 17.9 Å². The van der Waals surface area contributed by atoms with Gasteiger partial charge in [0.25, 0.3) is 0 Å². The summed E-state index contributed by atoms with van der Waals surface area (Å²) in [6, 6.07) is 0. The van der Waals surface area contributed by atoms with Gasteiger partial charge in [0, 0.05) is 19.3 Å². The molecule has 0 aliphatic carbocycles. The van der Waals surface area contributed by atoms with Gasteiger partial charge in [-0.2, -0.15) is 0 Å². The van der Waals surface area contributed by atoms with E-state index in [-0.39, 0.29) is 31.1 Å². The van der Waals surface area contributed by atoms with E-state index in [0.29, 0.717) is 19.3 Å². The zero-order chi connectivity index (χ0) is 53.6. The summed E-state index contributed by atoms with van der Waals surface area (Å²) in [6.45, 7) is 6.66. The smallest absolute Gasteiger partial charge is 0.306 e. The van der Waals surface area contributed by atoms with E-state index >= 15 is 0 Å². The van der Waals surface area contributed by atoms with Crippen LogP contribution in [0.25, 0.3) is 0 Å². The van der Waals surface area contributed by atoms with Gasteiger partial charge < -0.3 is 14.2 Å². The fourth-order valence-corrected chi connectivity index (χ4v) is 10.7. The summed E-state index contributed by atoms with van der Waals surface area (Å²) >= 11 is 0. The summed E-state index contributed by atoms with van der Waals surface area (Å²) in [5.74, 6) is -0.843. The Balaban J connectivity index is 3.83. The maximum atomic E-state index is 12.8. The summed E-state index contributed by atoms with van der Waals surface area (Å²) < 4.78 is 16.8. The molecule has 6 nitrogen and oxygen atoms in total. The molecule has 0 spiro atoms. The lowest BCUT2D eigenvalue weighted by atomic mass is 10.0.